The number of amides is 2. The van der Waals surface area contributed by atoms with E-state index in [1.807, 2.05) is 48.5 Å². The van der Waals surface area contributed by atoms with Crippen LogP contribution in [0.4, 0.5) is 5.69 Å². The van der Waals surface area contributed by atoms with E-state index in [0.717, 1.165) is 16.9 Å². The SMILES string of the molecule is COc1ccc(/C=C/C(=O)NC(C)C(=O)Nc2cccc(COc3ccc4c(c3)OCO4)c2)cc1. The highest BCUT2D eigenvalue weighted by Gasteiger charge is 2.15. The minimum Gasteiger partial charge on any atom is -0.497 e. The molecule has 0 spiro atoms. The quantitative estimate of drug-likeness (QED) is 0.452. The third-order valence-electron chi connectivity index (χ3n) is 5.24. The summed E-state index contributed by atoms with van der Waals surface area (Å²) in [5, 5.41) is 5.49. The number of carbonyl (C=O) groups excluding carboxylic acids is 2. The summed E-state index contributed by atoms with van der Waals surface area (Å²) in [6, 6.07) is 19.3. The molecule has 0 saturated heterocycles. The lowest BCUT2D eigenvalue weighted by atomic mass is 10.2. The molecule has 0 aromatic heterocycles. The van der Waals surface area contributed by atoms with Crippen LogP contribution in [0.15, 0.2) is 72.8 Å². The second-order valence-corrected chi connectivity index (χ2v) is 7.83. The third-order valence-corrected chi connectivity index (χ3v) is 5.24. The molecule has 0 radical (unpaired) electrons. The average Bonchev–Trinajstić information content (AvgIpc) is 3.35. The van der Waals surface area contributed by atoms with Crippen LogP contribution >= 0.6 is 0 Å². The monoisotopic (exact) mass is 474 g/mol. The van der Waals surface area contributed by atoms with Gasteiger partial charge in [0, 0.05) is 17.8 Å². The first kappa shape index (κ1) is 23.7. The summed E-state index contributed by atoms with van der Waals surface area (Å²) < 4.78 is 21.6. The largest absolute Gasteiger partial charge is 0.497 e. The number of hydrogen-bond acceptors (Lipinski definition) is 6. The Hall–Kier alpha value is -4.46. The minimum atomic E-state index is -0.725. The van der Waals surface area contributed by atoms with Crippen LogP contribution in [0.3, 0.4) is 0 Å². The molecule has 0 bridgehead atoms. The van der Waals surface area contributed by atoms with Crippen molar-refractivity contribution in [2.75, 3.05) is 19.2 Å². The van der Waals surface area contributed by atoms with Crippen molar-refractivity contribution >= 4 is 23.6 Å². The van der Waals surface area contributed by atoms with Gasteiger partial charge >= 0.3 is 0 Å². The number of methoxy groups -OCH3 is 1. The zero-order valence-electron chi connectivity index (χ0n) is 19.4. The predicted molar refractivity (Wildman–Crippen MR) is 132 cm³/mol. The number of carbonyl (C=O) groups is 2. The Kier molecular flexibility index (Phi) is 7.52. The first-order chi connectivity index (χ1) is 17.0. The van der Waals surface area contributed by atoms with E-state index in [9.17, 15) is 9.59 Å². The molecule has 3 aromatic carbocycles. The van der Waals surface area contributed by atoms with Crippen molar-refractivity contribution in [3.05, 3.63) is 83.9 Å². The molecule has 0 fully saturated rings. The predicted octanol–water partition coefficient (Wildman–Crippen LogP) is 4.16. The smallest absolute Gasteiger partial charge is 0.246 e. The molecule has 1 heterocycles. The maximum Gasteiger partial charge on any atom is 0.246 e. The van der Waals surface area contributed by atoms with Crippen molar-refractivity contribution in [3.8, 4) is 23.0 Å². The second kappa shape index (κ2) is 11.1. The van der Waals surface area contributed by atoms with Gasteiger partial charge in [0.15, 0.2) is 11.5 Å². The Morgan fingerprint density at radius 1 is 1.00 bits per heavy atom. The third kappa shape index (κ3) is 6.54. The lowest BCUT2D eigenvalue weighted by Crippen LogP contribution is -2.40. The molecule has 8 nitrogen and oxygen atoms in total. The van der Waals surface area contributed by atoms with Crippen LogP contribution in [-0.2, 0) is 16.2 Å². The van der Waals surface area contributed by atoms with E-state index in [2.05, 4.69) is 10.6 Å². The molecule has 0 aliphatic carbocycles. The van der Waals surface area contributed by atoms with Crippen molar-refractivity contribution in [2.45, 2.75) is 19.6 Å². The van der Waals surface area contributed by atoms with Gasteiger partial charge in [-0.3, -0.25) is 9.59 Å². The van der Waals surface area contributed by atoms with E-state index in [-0.39, 0.29) is 18.6 Å². The highest BCUT2D eigenvalue weighted by molar-refractivity contribution is 5.99. The average molecular weight is 475 g/mol. The maximum absolute atomic E-state index is 12.6. The summed E-state index contributed by atoms with van der Waals surface area (Å²) in [7, 11) is 1.59. The van der Waals surface area contributed by atoms with Gasteiger partial charge in [0.25, 0.3) is 0 Å². The Balaban J connectivity index is 1.27. The van der Waals surface area contributed by atoms with Crippen molar-refractivity contribution in [3.63, 3.8) is 0 Å². The van der Waals surface area contributed by atoms with Crippen LogP contribution in [0.25, 0.3) is 6.08 Å². The number of anilines is 1. The first-order valence-electron chi connectivity index (χ1n) is 11.0. The Bertz CT molecular complexity index is 1220. The maximum atomic E-state index is 12.6. The molecule has 1 atom stereocenters. The fourth-order valence-corrected chi connectivity index (χ4v) is 3.34. The number of nitrogens with one attached hydrogen (secondary N) is 2. The summed E-state index contributed by atoms with van der Waals surface area (Å²) in [4.78, 5) is 24.8. The van der Waals surface area contributed by atoms with E-state index in [4.69, 9.17) is 18.9 Å². The Labute approximate surface area is 203 Å². The normalized spacial score (nSPS) is 12.7. The van der Waals surface area contributed by atoms with Gasteiger partial charge in [0.2, 0.25) is 18.6 Å². The zero-order chi connectivity index (χ0) is 24.6. The van der Waals surface area contributed by atoms with Gasteiger partial charge in [0.1, 0.15) is 24.1 Å². The highest BCUT2D eigenvalue weighted by Crippen LogP contribution is 2.35. The van der Waals surface area contributed by atoms with Crippen molar-refractivity contribution < 1.29 is 28.5 Å². The molecule has 4 rings (SSSR count). The van der Waals surface area contributed by atoms with E-state index < -0.39 is 6.04 Å². The van der Waals surface area contributed by atoms with Gasteiger partial charge in [-0.1, -0.05) is 24.3 Å². The van der Waals surface area contributed by atoms with Gasteiger partial charge in [-0.05, 0) is 60.5 Å². The Morgan fingerprint density at radius 3 is 2.57 bits per heavy atom. The van der Waals surface area contributed by atoms with Crippen LogP contribution in [-0.4, -0.2) is 31.8 Å². The number of ether oxygens (including phenoxy) is 4. The van der Waals surface area contributed by atoms with Crippen LogP contribution in [0, 0.1) is 0 Å². The van der Waals surface area contributed by atoms with E-state index in [1.165, 1.54) is 6.08 Å². The van der Waals surface area contributed by atoms with Gasteiger partial charge in [0.05, 0.1) is 7.11 Å². The molecule has 8 heteroatoms. The van der Waals surface area contributed by atoms with Crippen molar-refractivity contribution in [1.29, 1.82) is 0 Å². The van der Waals surface area contributed by atoms with E-state index >= 15 is 0 Å². The summed E-state index contributed by atoms with van der Waals surface area (Å²) in [5.41, 5.74) is 2.33. The van der Waals surface area contributed by atoms with Gasteiger partial charge in [-0.2, -0.15) is 0 Å². The molecule has 1 aliphatic heterocycles. The van der Waals surface area contributed by atoms with Gasteiger partial charge in [-0.15, -0.1) is 0 Å². The first-order valence-corrected chi connectivity index (χ1v) is 11.0. The zero-order valence-corrected chi connectivity index (χ0v) is 19.4. The fourth-order valence-electron chi connectivity index (χ4n) is 3.34. The molecule has 0 saturated carbocycles. The summed E-state index contributed by atoms with van der Waals surface area (Å²) >= 11 is 0. The molecular formula is C27H26N2O6. The molecular weight excluding hydrogens is 448 g/mol. The highest BCUT2D eigenvalue weighted by atomic mass is 16.7. The molecule has 1 unspecified atom stereocenters. The molecule has 2 N–H and O–H groups in total. The van der Waals surface area contributed by atoms with Gasteiger partial charge < -0.3 is 29.6 Å². The topological polar surface area (TPSA) is 95.1 Å². The number of rotatable bonds is 9. The molecule has 180 valence electrons. The van der Waals surface area contributed by atoms with Crippen molar-refractivity contribution in [2.24, 2.45) is 0 Å². The lowest BCUT2D eigenvalue weighted by molar-refractivity contribution is -0.123. The van der Waals surface area contributed by atoms with Crippen LogP contribution in [0.1, 0.15) is 18.1 Å². The number of hydrogen-bond donors (Lipinski definition) is 2. The van der Waals surface area contributed by atoms with Crippen LogP contribution < -0.4 is 29.6 Å². The van der Waals surface area contributed by atoms with Crippen molar-refractivity contribution in [1.82, 2.24) is 5.32 Å². The second-order valence-electron chi connectivity index (χ2n) is 7.83. The molecule has 2 amide bonds. The standard InChI is InChI=1S/C27H26N2O6/c1-18(28-26(30)13-8-19-6-9-22(32-2)10-7-19)27(31)29-21-5-3-4-20(14-21)16-33-23-11-12-24-25(15-23)35-17-34-24/h3-15,18H,16-17H2,1-2H3,(H,28,30)(H,29,31)/b13-8+. The van der Waals surface area contributed by atoms with E-state index in [1.54, 1.807) is 38.3 Å². The summed E-state index contributed by atoms with van der Waals surface area (Å²) in [5.74, 6) is 2.04. The molecule has 3 aromatic rings. The molecule has 1 aliphatic rings. The van der Waals surface area contributed by atoms with Crippen LogP contribution in [0.2, 0.25) is 0 Å². The number of benzene rings is 3. The summed E-state index contributed by atoms with van der Waals surface area (Å²) in [6.07, 6.45) is 3.06. The van der Waals surface area contributed by atoms with Crippen LogP contribution in [0.5, 0.6) is 23.0 Å². The summed E-state index contributed by atoms with van der Waals surface area (Å²) in [6.45, 7) is 2.14. The Morgan fingerprint density at radius 2 is 1.77 bits per heavy atom. The fraction of sp³-hybridized carbons (Fsp3) is 0.185. The van der Waals surface area contributed by atoms with Gasteiger partial charge in [-0.25, -0.2) is 0 Å². The van der Waals surface area contributed by atoms with E-state index in [0.29, 0.717) is 29.5 Å². The minimum absolute atomic E-state index is 0.207. The lowest BCUT2D eigenvalue weighted by Gasteiger charge is -2.14. The molecule has 35 heavy (non-hydrogen) atoms. The number of fused-ring (bicyclic) bond motifs is 1.